The van der Waals surface area contributed by atoms with Gasteiger partial charge in [0.05, 0.1) is 13.7 Å². The molecule has 1 rings (SSSR count). The van der Waals surface area contributed by atoms with Crippen LogP contribution in [0.4, 0.5) is 0 Å². The minimum atomic E-state index is -3.64. The first-order valence-electron chi connectivity index (χ1n) is 6.23. The van der Waals surface area contributed by atoms with Gasteiger partial charge in [-0.25, -0.2) is 8.42 Å². The highest BCUT2D eigenvalue weighted by Crippen LogP contribution is 2.27. The molecule has 0 bridgehead atoms. The Morgan fingerprint density at radius 2 is 2.00 bits per heavy atom. The summed E-state index contributed by atoms with van der Waals surface area (Å²) in [6.45, 7) is 3.99. The summed E-state index contributed by atoms with van der Waals surface area (Å²) in [6, 6.07) is 5.04. The van der Waals surface area contributed by atoms with Crippen molar-refractivity contribution < 1.29 is 18.3 Å². The minimum Gasteiger partial charge on any atom is -0.495 e. The van der Waals surface area contributed by atoms with Crippen LogP contribution >= 0.6 is 0 Å². The number of ether oxygens (including phenoxy) is 1. The maximum Gasteiger partial charge on any atom is 0.246 e. The number of nitrogens with zero attached hydrogens (tertiary/aromatic N) is 1. The van der Waals surface area contributed by atoms with E-state index >= 15 is 0 Å². The molecule has 0 saturated heterocycles. The second kappa shape index (κ2) is 6.88. The lowest BCUT2D eigenvalue weighted by Crippen LogP contribution is -2.34. The monoisotopic (exact) mass is 287 g/mol. The molecule has 19 heavy (non-hydrogen) atoms. The number of methoxy groups -OCH3 is 1. The SMILES string of the molecule is CCCN(CCO)S(=O)(=O)c1cc(C)ccc1OC. The maximum absolute atomic E-state index is 12.6. The van der Waals surface area contributed by atoms with Crippen LogP contribution in [0.1, 0.15) is 18.9 Å². The summed E-state index contributed by atoms with van der Waals surface area (Å²) in [4.78, 5) is 0.150. The zero-order chi connectivity index (χ0) is 14.5. The molecule has 0 aromatic heterocycles. The third kappa shape index (κ3) is 3.68. The summed E-state index contributed by atoms with van der Waals surface area (Å²) < 4.78 is 31.6. The molecule has 0 unspecified atom stereocenters. The lowest BCUT2D eigenvalue weighted by atomic mass is 10.2. The van der Waals surface area contributed by atoms with Crippen LogP contribution in [-0.2, 0) is 10.0 Å². The van der Waals surface area contributed by atoms with Crippen molar-refractivity contribution in [2.45, 2.75) is 25.2 Å². The van der Waals surface area contributed by atoms with E-state index in [0.29, 0.717) is 18.7 Å². The van der Waals surface area contributed by atoms with Crippen molar-refractivity contribution in [3.63, 3.8) is 0 Å². The third-order valence-corrected chi connectivity index (χ3v) is 4.68. The highest BCUT2D eigenvalue weighted by atomic mass is 32.2. The summed E-state index contributed by atoms with van der Waals surface area (Å²) in [5.41, 5.74) is 0.847. The van der Waals surface area contributed by atoms with Crippen LogP contribution < -0.4 is 4.74 Å². The van der Waals surface area contributed by atoms with Crippen molar-refractivity contribution >= 4 is 10.0 Å². The predicted molar refractivity (Wildman–Crippen MR) is 73.9 cm³/mol. The van der Waals surface area contributed by atoms with E-state index in [1.54, 1.807) is 18.2 Å². The number of aliphatic hydroxyl groups is 1. The molecule has 0 aliphatic carbocycles. The summed E-state index contributed by atoms with van der Waals surface area (Å²) in [5.74, 6) is 0.324. The zero-order valence-corrected chi connectivity index (χ0v) is 12.4. The van der Waals surface area contributed by atoms with Gasteiger partial charge in [-0.2, -0.15) is 4.31 Å². The predicted octanol–water partition coefficient (Wildman–Crippen LogP) is 1.40. The first kappa shape index (κ1) is 15.9. The lowest BCUT2D eigenvalue weighted by molar-refractivity contribution is 0.253. The second-order valence-corrected chi connectivity index (χ2v) is 6.19. The number of benzene rings is 1. The van der Waals surface area contributed by atoms with Crippen LogP contribution in [0.25, 0.3) is 0 Å². The van der Waals surface area contributed by atoms with E-state index < -0.39 is 10.0 Å². The van der Waals surface area contributed by atoms with Gasteiger partial charge in [0, 0.05) is 13.1 Å². The van der Waals surface area contributed by atoms with Crippen LogP contribution in [0.15, 0.2) is 23.1 Å². The van der Waals surface area contributed by atoms with Gasteiger partial charge in [0.15, 0.2) is 0 Å². The molecule has 0 aliphatic heterocycles. The molecule has 0 aliphatic rings. The largest absolute Gasteiger partial charge is 0.495 e. The zero-order valence-electron chi connectivity index (χ0n) is 11.6. The van der Waals surface area contributed by atoms with E-state index in [-0.39, 0.29) is 18.0 Å². The Labute approximate surface area is 114 Å². The molecule has 1 aromatic carbocycles. The molecule has 1 N–H and O–H groups in total. The topological polar surface area (TPSA) is 66.8 Å². The van der Waals surface area contributed by atoms with E-state index in [9.17, 15) is 8.42 Å². The highest BCUT2D eigenvalue weighted by molar-refractivity contribution is 7.89. The fourth-order valence-electron chi connectivity index (χ4n) is 1.84. The van der Waals surface area contributed by atoms with Gasteiger partial charge in [0.1, 0.15) is 10.6 Å². The van der Waals surface area contributed by atoms with Gasteiger partial charge in [-0.05, 0) is 31.0 Å². The Bertz CT molecular complexity index is 507. The van der Waals surface area contributed by atoms with Gasteiger partial charge in [-0.3, -0.25) is 0 Å². The van der Waals surface area contributed by atoms with Gasteiger partial charge in [-0.1, -0.05) is 13.0 Å². The third-order valence-electron chi connectivity index (χ3n) is 2.76. The number of hydrogen-bond donors (Lipinski definition) is 1. The normalized spacial score (nSPS) is 11.8. The molecule has 5 nitrogen and oxygen atoms in total. The van der Waals surface area contributed by atoms with Gasteiger partial charge < -0.3 is 9.84 Å². The summed E-state index contributed by atoms with van der Waals surface area (Å²) >= 11 is 0. The first-order chi connectivity index (χ1) is 8.97. The van der Waals surface area contributed by atoms with E-state index in [1.807, 2.05) is 13.8 Å². The van der Waals surface area contributed by atoms with E-state index in [1.165, 1.54) is 11.4 Å². The van der Waals surface area contributed by atoms with Crippen LogP contribution in [-0.4, -0.2) is 44.6 Å². The Morgan fingerprint density at radius 1 is 1.32 bits per heavy atom. The Hall–Kier alpha value is -1.11. The van der Waals surface area contributed by atoms with Crippen LogP contribution in [0.3, 0.4) is 0 Å². The van der Waals surface area contributed by atoms with Crippen molar-refractivity contribution in [2.24, 2.45) is 0 Å². The van der Waals surface area contributed by atoms with Gasteiger partial charge in [0.25, 0.3) is 0 Å². The van der Waals surface area contributed by atoms with Crippen molar-refractivity contribution in [2.75, 3.05) is 26.8 Å². The van der Waals surface area contributed by atoms with Crippen LogP contribution in [0, 0.1) is 6.92 Å². The van der Waals surface area contributed by atoms with E-state index in [4.69, 9.17) is 9.84 Å². The van der Waals surface area contributed by atoms with Crippen molar-refractivity contribution in [3.05, 3.63) is 23.8 Å². The molecule has 0 heterocycles. The number of aliphatic hydroxyl groups excluding tert-OH is 1. The summed E-state index contributed by atoms with van der Waals surface area (Å²) in [7, 11) is -2.20. The van der Waals surface area contributed by atoms with Gasteiger partial charge >= 0.3 is 0 Å². The average molecular weight is 287 g/mol. The Kier molecular flexibility index (Phi) is 5.78. The Morgan fingerprint density at radius 3 is 2.53 bits per heavy atom. The fraction of sp³-hybridized carbons (Fsp3) is 0.538. The smallest absolute Gasteiger partial charge is 0.246 e. The number of hydrogen-bond acceptors (Lipinski definition) is 4. The number of aryl methyl sites for hydroxylation is 1. The maximum atomic E-state index is 12.6. The molecule has 0 spiro atoms. The van der Waals surface area contributed by atoms with Gasteiger partial charge in [0.2, 0.25) is 10.0 Å². The molecule has 0 atom stereocenters. The standard InChI is InChI=1S/C13H21NO4S/c1-4-7-14(8-9-15)19(16,17)13-10-11(2)5-6-12(13)18-3/h5-6,10,15H,4,7-9H2,1-3H3. The molecule has 108 valence electrons. The molecule has 1 aromatic rings. The molecule has 0 fully saturated rings. The molecular formula is C13H21NO4S. The lowest BCUT2D eigenvalue weighted by Gasteiger charge is -2.22. The number of sulfonamides is 1. The van der Waals surface area contributed by atoms with Crippen LogP contribution in [0.5, 0.6) is 5.75 Å². The minimum absolute atomic E-state index is 0.0905. The van der Waals surface area contributed by atoms with Crippen molar-refractivity contribution in [1.82, 2.24) is 4.31 Å². The number of rotatable bonds is 7. The van der Waals surface area contributed by atoms with Crippen LogP contribution in [0.2, 0.25) is 0 Å². The van der Waals surface area contributed by atoms with Crippen molar-refractivity contribution in [1.29, 1.82) is 0 Å². The van der Waals surface area contributed by atoms with E-state index in [0.717, 1.165) is 5.56 Å². The van der Waals surface area contributed by atoms with E-state index in [2.05, 4.69) is 0 Å². The average Bonchev–Trinajstić information content (AvgIpc) is 2.38. The summed E-state index contributed by atoms with van der Waals surface area (Å²) in [5, 5.41) is 9.02. The molecular weight excluding hydrogens is 266 g/mol. The fourth-order valence-corrected chi connectivity index (χ4v) is 3.60. The van der Waals surface area contributed by atoms with Crippen molar-refractivity contribution in [3.8, 4) is 5.75 Å². The second-order valence-electron chi connectivity index (χ2n) is 4.28. The molecule has 0 amide bonds. The highest BCUT2D eigenvalue weighted by Gasteiger charge is 2.26. The first-order valence-corrected chi connectivity index (χ1v) is 7.67. The van der Waals surface area contributed by atoms with Gasteiger partial charge in [-0.15, -0.1) is 0 Å². The molecule has 0 saturated carbocycles. The summed E-state index contributed by atoms with van der Waals surface area (Å²) in [6.07, 6.45) is 0.688. The Balaban J connectivity index is 3.27. The quantitative estimate of drug-likeness (QED) is 0.823. The molecule has 0 radical (unpaired) electrons. The molecule has 6 heteroatoms.